The molecule has 0 bridgehead atoms. The highest BCUT2D eigenvalue weighted by molar-refractivity contribution is 6.19. The molecule has 0 atom stereocenters. The van der Waals surface area contributed by atoms with Crippen LogP contribution in [-0.4, -0.2) is 12.2 Å². The molecule has 16 heavy (non-hydrogen) atoms. The second-order valence-electron chi connectivity index (χ2n) is 2.90. The van der Waals surface area contributed by atoms with Crippen LogP contribution in [0.3, 0.4) is 0 Å². The molecule has 0 unspecified atom stereocenters. The van der Waals surface area contributed by atoms with E-state index in [1.165, 1.54) is 12.1 Å². The molecule has 0 aromatic heterocycles. The fourth-order valence-electron chi connectivity index (χ4n) is 1.05. The minimum Gasteiger partial charge on any atom is -0.404 e. The number of halogens is 4. The van der Waals surface area contributed by atoms with Crippen LogP contribution in [0.15, 0.2) is 24.3 Å². The molecular formula is C10H9ClF3NO. The van der Waals surface area contributed by atoms with Gasteiger partial charge in [-0.15, -0.1) is 24.8 Å². The summed E-state index contributed by atoms with van der Waals surface area (Å²) in [4.78, 5) is 0. The third-order valence-corrected chi connectivity index (χ3v) is 1.84. The van der Waals surface area contributed by atoms with Gasteiger partial charge in [-0.1, -0.05) is 18.2 Å². The number of hydrogen-bond donors (Lipinski definition) is 1. The first kappa shape index (κ1) is 12.7. The van der Waals surface area contributed by atoms with E-state index in [4.69, 9.17) is 17.3 Å². The van der Waals surface area contributed by atoms with E-state index in [2.05, 4.69) is 4.74 Å². The van der Waals surface area contributed by atoms with Gasteiger partial charge in [-0.2, -0.15) is 0 Å². The largest absolute Gasteiger partial charge is 0.573 e. The highest BCUT2D eigenvalue weighted by Crippen LogP contribution is 2.29. The minimum absolute atomic E-state index is 0.0691. The standard InChI is InChI=1S/C10H9ClF3NO/c11-5-1-2-7-3-4-8(15)9(6-7)16-10(12,13)14/h1-4,6H,5,15H2. The van der Waals surface area contributed by atoms with Crippen LogP contribution in [0.25, 0.3) is 6.08 Å². The van der Waals surface area contributed by atoms with Gasteiger partial charge in [0.15, 0.2) is 5.75 Å². The van der Waals surface area contributed by atoms with Crippen molar-refractivity contribution in [2.75, 3.05) is 11.6 Å². The van der Waals surface area contributed by atoms with E-state index in [-0.39, 0.29) is 11.6 Å². The lowest BCUT2D eigenvalue weighted by molar-refractivity contribution is -0.274. The Morgan fingerprint density at radius 2 is 2.06 bits per heavy atom. The number of nitrogens with two attached hydrogens (primary N) is 1. The van der Waals surface area contributed by atoms with Gasteiger partial charge in [-0.25, -0.2) is 0 Å². The first-order valence-corrected chi connectivity index (χ1v) is 4.83. The smallest absolute Gasteiger partial charge is 0.404 e. The number of alkyl halides is 4. The zero-order valence-corrected chi connectivity index (χ0v) is 8.85. The summed E-state index contributed by atoms with van der Waals surface area (Å²) in [5.74, 6) is -0.135. The van der Waals surface area contributed by atoms with E-state index < -0.39 is 12.1 Å². The van der Waals surface area contributed by atoms with Crippen molar-refractivity contribution in [1.29, 1.82) is 0 Å². The van der Waals surface area contributed by atoms with Crippen molar-refractivity contribution in [3.63, 3.8) is 0 Å². The van der Waals surface area contributed by atoms with E-state index in [0.717, 1.165) is 0 Å². The summed E-state index contributed by atoms with van der Waals surface area (Å²) in [6.07, 6.45) is -1.57. The Hall–Kier alpha value is -1.36. The van der Waals surface area contributed by atoms with Crippen molar-refractivity contribution in [2.45, 2.75) is 6.36 Å². The van der Waals surface area contributed by atoms with E-state index in [0.29, 0.717) is 5.56 Å². The van der Waals surface area contributed by atoms with Gasteiger partial charge in [-0.3, -0.25) is 0 Å². The zero-order valence-electron chi connectivity index (χ0n) is 8.09. The van der Waals surface area contributed by atoms with Crippen LogP contribution in [0.4, 0.5) is 18.9 Å². The quantitative estimate of drug-likeness (QED) is 0.660. The molecule has 0 aliphatic rings. The van der Waals surface area contributed by atoms with Gasteiger partial charge in [0.1, 0.15) is 0 Å². The molecule has 0 aliphatic carbocycles. The molecule has 0 aliphatic heterocycles. The van der Waals surface area contributed by atoms with Crippen LogP contribution in [-0.2, 0) is 0 Å². The minimum atomic E-state index is -4.75. The van der Waals surface area contributed by atoms with Crippen molar-refractivity contribution in [1.82, 2.24) is 0 Å². The second kappa shape index (κ2) is 5.12. The van der Waals surface area contributed by atoms with E-state index >= 15 is 0 Å². The average Bonchev–Trinajstić information content (AvgIpc) is 2.17. The summed E-state index contributed by atoms with van der Waals surface area (Å²) in [5.41, 5.74) is 5.82. The zero-order chi connectivity index (χ0) is 12.2. The lowest BCUT2D eigenvalue weighted by Crippen LogP contribution is -2.18. The van der Waals surface area contributed by atoms with Gasteiger partial charge in [-0.05, 0) is 17.7 Å². The number of benzene rings is 1. The fraction of sp³-hybridized carbons (Fsp3) is 0.200. The lowest BCUT2D eigenvalue weighted by Gasteiger charge is -2.11. The Labute approximate surface area is 95.5 Å². The maximum atomic E-state index is 12.0. The maximum Gasteiger partial charge on any atom is 0.573 e. The van der Waals surface area contributed by atoms with Gasteiger partial charge < -0.3 is 10.5 Å². The highest BCUT2D eigenvalue weighted by atomic mass is 35.5. The molecule has 0 saturated carbocycles. The average molecular weight is 252 g/mol. The summed E-state index contributed by atoms with van der Waals surface area (Å²) < 4.78 is 39.7. The van der Waals surface area contributed by atoms with Crippen molar-refractivity contribution >= 4 is 23.4 Å². The normalized spacial score (nSPS) is 12.0. The van der Waals surface area contributed by atoms with Crippen molar-refractivity contribution in [3.8, 4) is 5.75 Å². The monoisotopic (exact) mass is 251 g/mol. The van der Waals surface area contributed by atoms with E-state index in [1.54, 1.807) is 18.2 Å². The summed E-state index contributed by atoms with van der Waals surface area (Å²) in [6, 6.07) is 4.11. The Morgan fingerprint density at radius 3 is 2.62 bits per heavy atom. The Kier molecular flexibility index (Phi) is 4.06. The van der Waals surface area contributed by atoms with Crippen LogP contribution < -0.4 is 10.5 Å². The SMILES string of the molecule is Nc1ccc(C=CCCl)cc1OC(F)(F)F. The molecule has 0 saturated heterocycles. The number of allylic oxidation sites excluding steroid dienone is 1. The number of nitrogen functional groups attached to an aromatic ring is 1. The summed E-state index contributed by atoms with van der Waals surface area (Å²) in [5, 5.41) is 0. The third-order valence-electron chi connectivity index (χ3n) is 1.66. The van der Waals surface area contributed by atoms with Gasteiger partial charge in [0, 0.05) is 5.88 Å². The second-order valence-corrected chi connectivity index (χ2v) is 3.21. The van der Waals surface area contributed by atoms with Crippen LogP contribution in [0.1, 0.15) is 5.56 Å². The predicted octanol–water partition coefficient (Wildman–Crippen LogP) is 3.42. The first-order chi connectivity index (χ1) is 7.42. The Balaban J connectivity index is 2.95. The van der Waals surface area contributed by atoms with Gasteiger partial charge in [0.2, 0.25) is 0 Å². The molecule has 0 heterocycles. The predicted molar refractivity (Wildman–Crippen MR) is 57.3 cm³/mol. The number of ether oxygens (including phenoxy) is 1. The van der Waals surface area contributed by atoms with Crippen LogP contribution in [0.2, 0.25) is 0 Å². The maximum absolute atomic E-state index is 12.0. The highest BCUT2D eigenvalue weighted by Gasteiger charge is 2.31. The molecule has 0 radical (unpaired) electrons. The summed E-state index contributed by atoms with van der Waals surface area (Å²) in [7, 11) is 0. The molecule has 2 nitrogen and oxygen atoms in total. The summed E-state index contributed by atoms with van der Waals surface area (Å²) in [6.45, 7) is 0. The molecule has 0 amide bonds. The van der Waals surface area contributed by atoms with Gasteiger partial charge in [0.25, 0.3) is 0 Å². The molecule has 1 aromatic carbocycles. The first-order valence-electron chi connectivity index (χ1n) is 4.30. The van der Waals surface area contributed by atoms with E-state index in [9.17, 15) is 13.2 Å². The van der Waals surface area contributed by atoms with Crippen LogP contribution in [0, 0.1) is 0 Å². The molecule has 1 aromatic rings. The molecule has 0 spiro atoms. The molecule has 1 rings (SSSR count). The van der Waals surface area contributed by atoms with Gasteiger partial charge in [0.05, 0.1) is 5.69 Å². The Bertz CT molecular complexity index is 390. The lowest BCUT2D eigenvalue weighted by atomic mass is 10.2. The molecule has 88 valence electrons. The molecule has 2 N–H and O–H groups in total. The van der Waals surface area contributed by atoms with Crippen molar-refractivity contribution in [3.05, 3.63) is 29.8 Å². The third kappa shape index (κ3) is 4.02. The molecule has 0 fully saturated rings. The molecular weight excluding hydrogens is 243 g/mol. The number of rotatable bonds is 3. The van der Waals surface area contributed by atoms with Crippen LogP contribution >= 0.6 is 11.6 Å². The van der Waals surface area contributed by atoms with Gasteiger partial charge >= 0.3 is 6.36 Å². The van der Waals surface area contributed by atoms with E-state index in [1.807, 2.05) is 0 Å². The van der Waals surface area contributed by atoms with Crippen molar-refractivity contribution in [2.24, 2.45) is 0 Å². The van der Waals surface area contributed by atoms with Crippen LogP contribution in [0.5, 0.6) is 5.75 Å². The Morgan fingerprint density at radius 1 is 1.38 bits per heavy atom. The summed E-state index contributed by atoms with van der Waals surface area (Å²) >= 11 is 5.41. The number of anilines is 1. The topological polar surface area (TPSA) is 35.2 Å². The molecule has 6 heteroatoms. The fourth-order valence-corrected chi connectivity index (χ4v) is 1.14. The van der Waals surface area contributed by atoms with Crippen molar-refractivity contribution < 1.29 is 17.9 Å². The number of hydrogen-bond acceptors (Lipinski definition) is 2.